The first-order chi connectivity index (χ1) is 15.7. The molecule has 0 bridgehead atoms. The van der Waals surface area contributed by atoms with Gasteiger partial charge in [0, 0.05) is 30.0 Å². The molecule has 4 rings (SSSR count). The van der Waals surface area contributed by atoms with Crippen LogP contribution in [0.3, 0.4) is 0 Å². The van der Waals surface area contributed by atoms with E-state index in [1.165, 1.54) is 0 Å². The Morgan fingerprint density at radius 1 is 1.22 bits per heavy atom. The van der Waals surface area contributed by atoms with Crippen LogP contribution in [0.4, 0.5) is 0 Å². The maximum Gasteiger partial charge on any atom is 0.276 e. The number of H-pyrrole nitrogens is 1. The summed E-state index contributed by atoms with van der Waals surface area (Å²) in [6, 6.07) is 7.60. The van der Waals surface area contributed by atoms with Gasteiger partial charge in [0.1, 0.15) is 5.76 Å². The van der Waals surface area contributed by atoms with Crippen LogP contribution >= 0.6 is 0 Å². The third kappa shape index (κ3) is 4.31. The molecule has 0 radical (unpaired) electrons. The highest BCUT2D eigenvalue weighted by molar-refractivity contribution is 5.86. The molecule has 0 spiro atoms. The normalized spacial score (nSPS) is 11.3. The third-order valence-electron chi connectivity index (χ3n) is 5.38. The van der Waals surface area contributed by atoms with Crippen LogP contribution in [-0.4, -0.2) is 40.1 Å². The van der Waals surface area contributed by atoms with E-state index in [-0.39, 0.29) is 5.56 Å². The van der Waals surface area contributed by atoms with E-state index in [9.17, 15) is 4.79 Å². The predicted molar refractivity (Wildman–Crippen MR) is 123 cm³/mol. The lowest BCUT2D eigenvalue weighted by Crippen LogP contribution is -2.10. The van der Waals surface area contributed by atoms with E-state index in [0.29, 0.717) is 48.2 Å². The van der Waals surface area contributed by atoms with Gasteiger partial charge in [0.05, 0.1) is 37.3 Å². The summed E-state index contributed by atoms with van der Waals surface area (Å²) in [7, 11) is 1.65. The van der Waals surface area contributed by atoms with E-state index in [2.05, 4.69) is 28.9 Å². The largest absolute Gasteiger partial charge is 0.477 e. The molecule has 0 aliphatic carbocycles. The zero-order valence-corrected chi connectivity index (χ0v) is 18.7. The molecule has 0 fully saturated rings. The van der Waals surface area contributed by atoms with Gasteiger partial charge in [-0.15, -0.1) is 0 Å². The summed E-state index contributed by atoms with van der Waals surface area (Å²) in [6.45, 7) is 5.83. The van der Waals surface area contributed by atoms with Crippen molar-refractivity contribution < 1.29 is 13.9 Å². The fraction of sp³-hybridized carbons (Fsp3) is 0.375. The number of rotatable bonds is 10. The molecule has 0 unspecified atom stereocenters. The monoisotopic (exact) mass is 436 g/mol. The molecule has 0 aromatic carbocycles. The number of nitrogens with zero attached hydrogens (tertiary/aromatic N) is 3. The van der Waals surface area contributed by atoms with E-state index >= 15 is 0 Å². The molecule has 4 aromatic rings. The molecule has 8 heteroatoms. The van der Waals surface area contributed by atoms with E-state index in [4.69, 9.17) is 13.9 Å². The third-order valence-corrected chi connectivity index (χ3v) is 5.38. The number of fused-ring (bicyclic) bond motifs is 1. The van der Waals surface area contributed by atoms with Gasteiger partial charge in [-0.3, -0.25) is 9.48 Å². The van der Waals surface area contributed by atoms with E-state index in [1.54, 1.807) is 19.6 Å². The first-order valence-corrected chi connectivity index (χ1v) is 10.9. The van der Waals surface area contributed by atoms with Crippen molar-refractivity contribution in [2.45, 2.75) is 39.7 Å². The van der Waals surface area contributed by atoms with Crippen LogP contribution in [0, 0.1) is 0 Å². The summed E-state index contributed by atoms with van der Waals surface area (Å²) in [5.41, 5.74) is 3.32. The van der Waals surface area contributed by atoms with Gasteiger partial charge in [-0.05, 0) is 37.1 Å². The smallest absolute Gasteiger partial charge is 0.276 e. The Hall–Kier alpha value is -3.39. The highest BCUT2D eigenvalue weighted by Crippen LogP contribution is 2.33. The van der Waals surface area contributed by atoms with Crippen LogP contribution in [0.1, 0.15) is 32.4 Å². The molecule has 4 aromatic heterocycles. The number of aromatic amines is 1. The predicted octanol–water partition coefficient (Wildman–Crippen LogP) is 4.43. The number of aromatic nitrogens is 4. The van der Waals surface area contributed by atoms with Crippen molar-refractivity contribution in [3.8, 4) is 28.5 Å². The van der Waals surface area contributed by atoms with Crippen LogP contribution in [0.25, 0.3) is 33.5 Å². The van der Waals surface area contributed by atoms with Gasteiger partial charge in [-0.1, -0.05) is 20.3 Å². The van der Waals surface area contributed by atoms with Crippen LogP contribution in [0.2, 0.25) is 0 Å². The second-order valence-electron chi connectivity index (χ2n) is 7.55. The van der Waals surface area contributed by atoms with E-state index in [1.807, 2.05) is 28.9 Å². The van der Waals surface area contributed by atoms with Gasteiger partial charge in [-0.25, -0.2) is 4.98 Å². The molecule has 0 amide bonds. The zero-order chi connectivity index (χ0) is 22.5. The first-order valence-electron chi connectivity index (χ1n) is 10.9. The molecule has 0 atom stereocenters. The second kappa shape index (κ2) is 9.82. The highest BCUT2D eigenvalue weighted by atomic mass is 16.5. The summed E-state index contributed by atoms with van der Waals surface area (Å²) >= 11 is 0. The minimum absolute atomic E-state index is 0.244. The van der Waals surface area contributed by atoms with Gasteiger partial charge in [0.25, 0.3) is 5.56 Å². The highest BCUT2D eigenvalue weighted by Gasteiger charge is 2.18. The number of pyridine rings is 2. The van der Waals surface area contributed by atoms with Gasteiger partial charge < -0.3 is 18.9 Å². The molecule has 168 valence electrons. The quantitative estimate of drug-likeness (QED) is 0.370. The lowest BCUT2D eigenvalue weighted by Gasteiger charge is -2.12. The Kier molecular flexibility index (Phi) is 6.70. The maximum atomic E-state index is 13.0. The Morgan fingerprint density at radius 3 is 2.81 bits per heavy atom. The second-order valence-corrected chi connectivity index (χ2v) is 7.55. The summed E-state index contributed by atoms with van der Waals surface area (Å²) in [5.74, 6) is 1.18. The SMILES string of the molecule is CCCCOc1ncc(-c2ccco2)cc1-c1cc2c(CC)n(CCOC)nc2c(=O)[nH]1. The van der Waals surface area contributed by atoms with Crippen LogP contribution < -0.4 is 10.3 Å². The topological polar surface area (TPSA) is 95.2 Å². The number of ether oxygens (including phenoxy) is 2. The summed E-state index contributed by atoms with van der Waals surface area (Å²) in [6.07, 6.45) is 6.02. The lowest BCUT2D eigenvalue weighted by molar-refractivity contribution is 0.183. The van der Waals surface area contributed by atoms with Crippen LogP contribution in [-0.2, 0) is 17.7 Å². The summed E-state index contributed by atoms with van der Waals surface area (Å²) in [4.78, 5) is 20.5. The molecule has 0 aliphatic rings. The lowest BCUT2D eigenvalue weighted by atomic mass is 10.1. The molecule has 32 heavy (non-hydrogen) atoms. The molecule has 1 N–H and O–H groups in total. The van der Waals surface area contributed by atoms with Crippen molar-refractivity contribution in [1.82, 2.24) is 19.7 Å². The van der Waals surface area contributed by atoms with Crippen molar-refractivity contribution in [3.05, 3.63) is 52.8 Å². The number of methoxy groups -OCH3 is 1. The number of nitrogens with one attached hydrogen (secondary N) is 1. The van der Waals surface area contributed by atoms with Crippen molar-refractivity contribution in [3.63, 3.8) is 0 Å². The van der Waals surface area contributed by atoms with Crippen molar-refractivity contribution >= 4 is 10.9 Å². The number of hydrogen-bond acceptors (Lipinski definition) is 6. The van der Waals surface area contributed by atoms with Gasteiger partial charge in [0.2, 0.25) is 5.88 Å². The minimum Gasteiger partial charge on any atom is -0.477 e. The first kappa shape index (κ1) is 21.8. The molecule has 0 aliphatic heterocycles. The average molecular weight is 437 g/mol. The Morgan fingerprint density at radius 2 is 2.09 bits per heavy atom. The number of furan rings is 1. The van der Waals surface area contributed by atoms with E-state index < -0.39 is 0 Å². The van der Waals surface area contributed by atoms with E-state index in [0.717, 1.165) is 35.9 Å². The van der Waals surface area contributed by atoms with Crippen LogP contribution in [0.5, 0.6) is 5.88 Å². The molecular formula is C24H28N4O4. The Bertz CT molecular complexity index is 1240. The molecule has 0 saturated carbocycles. The van der Waals surface area contributed by atoms with Gasteiger partial charge in [0.15, 0.2) is 5.52 Å². The summed E-state index contributed by atoms with van der Waals surface area (Å²) < 4.78 is 18.6. The van der Waals surface area contributed by atoms with Crippen molar-refractivity contribution in [1.29, 1.82) is 0 Å². The standard InChI is InChI=1S/C24H28N4O4/c1-4-6-10-32-24-17(13-16(15-25-24)21-8-7-11-31-21)19-14-18-20(5-2)28(9-12-30-3)27-22(18)23(29)26-19/h7-8,11,13-15H,4-6,9-10,12H2,1-3H3,(H,26,29). The van der Waals surface area contributed by atoms with Gasteiger partial charge in [-0.2, -0.15) is 5.10 Å². The van der Waals surface area contributed by atoms with Crippen molar-refractivity contribution in [2.24, 2.45) is 0 Å². The number of hydrogen-bond donors (Lipinski definition) is 1. The molecule has 8 nitrogen and oxygen atoms in total. The summed E-state index contributed by atoms with van der Waals surface area (Å²) in [5, 5.41) is 5.35. The number of unbranched alkanes of at least 4 members (excludes halogenated alkanes) is 1. The fourth-order valence-electron chi connectivity index (χ4n) is 3.72. The molecular weight excluding hydrogens is 408 g/mol. The Balaban J connectivity index is 1.85. The van der Waals surface area contributed by atoms with Crippen LogP contribution in [0.15, 0.2) is 45.9 Å². The number of aryl methyl sites for hydroxylation is 1. The van der Waals surface area contributed by atoms with Crippen molar-refractivity contribution in [2.75, 3.05) is 20.3 Å². The molecule has 0 saturated heterocycles. The Labute approximate surface area is 186 Å². The molecule has 4 heterocycles. The fourth-order valence-corrected chi connectivity index (χ4v) is 3.72. The minimum atomic E-state index is -0.244. The van der Waals surface area contributed by atoms with Gasteiger partial charge >= 0.3 is 0 Å². The average Bonchev–Trinajstić information content (AvgIpc) is 3.46. The maximum absolute atomic E-state index is 13.0. The zero-order valence-electron chi connectivity index (χ0n) is 18.7.